The zero-order valence-corrected chi connectivity index (χ0v) is 10.2. The fraction of sp³-hybridized carbons (Fsp3) is 0.273. The fourth-order valence-corrected chi connectivity index (χ4v) is 1.87. The lowest BCUT2D eigenvalue weighted by molar-refractivity contribution is 0.0568. The van der Waals surface area contributed by atoms with Gasteiger partial charge in [0, 0.05) is 11.9 Å². The number of carbonyl (C=O) groups is 2. The Balaban J connectivity index is 2.15. The van der Waals surface area contributed by atoms with Crippen LogP contribution in [0.1, 0.15) is 27.1 Å². The Morgan fingerprint density at radius 2 is 1.69 bits per heavy atom. The monoisotopic (exact) mass is 282 g/mol. The highest BCUT2D eigenvalue weighted by Crippen LogP contribution is 2.20. The second-order valence-electron chi connectivity index (χ2n) is 3.44. The molecule has 0 aliphatic carbocycles. The Morgan fingerprint density at radius 1 is 1.12 bits per heavy atom. The van der Waals surface area contributed by atoms with Crippen LogP contribution in [0.5, 0.6) is 0 Å². The summed E-state index contributed by atoms with van der Waals surface area (Å²) < 4.78 is 0. The lowest BCUT2D eigenvalue weighted by Gasteiger charge is -2.14. The van der Waals surface area contributed by atoms with Gasteiger partial charge >= 0.3 is 0 Å². The van der Waals surface area contributed by atoms with Gasteiger partial charge in [-0.2, -0.15) is 0 Å². The number of alkyl halides is 1. The number of hydrogen-bond acceptors (Lipinski definition) is 3. The first-order valence-corrected chi connectivity index (χ1v) is 6.15. The van der Waals surface area contributed by atoms with Gasteiger partial charge in [-0.3, -0.25) is 9.59 Å². The maximum atomic E-state index is 11.8. The van der Waals surface area contributed by atoms with Crippen molar-refractivity contribution in [1.82, 2.24) is 10.4 Å². The number of amides is 2. The molecule has 1 aromatic rings. The van der Waals surface area contributed by atoms with E-state index < -0.39 is 0 Å². The Bertz CT molecular complexity index is 399. The van der Waals surface area contributed by atoms with Crippen LogP contribution in [0.4, 0.5) is 0 Å². The molecular formula is C11H11BrN2O2. The molecule has 0 radical (unpaired) electrons. The number of rotatable bonds is 4. The molecule has 2 amide bonds. The average molecular weight is 283 g/mol. The zero-order valence-electron chi connectivity index (χ0n) is 8.57. The van der Waals surface area contributed by atoms with Gasteiger partial charge < -0.3 is 0 Å². The summed E-state index contributed by atoms with van der Waals surface area (Å²) in [6.07, 6.45) is 0.855. The Kier molecular flexibility index (Phi) is 3.36. The third-order valence-corrected chi connectivity index (χ3v) is 2.94. The predicted octanol–water partition coefficient (Wildman–Crippen LogP) is 1.57. The van der Waals surface area contributed by atoms with Gasteiger partial charge in [0.2, 0.25) is 0 Å². The molecule has 1 N–H and O–H groups in total. The van der Waals surface area contributed by atoms with Crippen LogP contribution in [0.25, 0.3) is 0 Å². The molecule has 1 aromatic carbocycles. The summed E-state index contributed by atoms with van der Waals surface area (Å²) >= 11 is 3.29. The van der Waals surface area contributed by atoms with Crippen LogP contribution in [0.15, 0.2) is 24.3 Å². The van der Waals surface area contributed by atoms with Gasteiger partial charge in [0.05, 0.1) is 11.1 Å². The van der Waals surface area contributed by atoms with Gasteiger partial charge in [0.25, 0.3) is 11.8 Å². The largest absolute Gasteiger partial charge is 0.276 e. The van der Waals surface area contributed by atoms with Crippen molar-refractivity contribution in [3.8, 4) is 0 Å². The van der Waals surface area contributed by atoms with Crippen molar-refractivity contribution >= 4 is 27.7 Å². The lowest BCUT2D eigenvalue weighted by Crippen LogP contribution is -2.42. The standard InChI is InChI=1S/C11H11BrN2O2/c12-6-3-7-13-14-10(15)8-4-1-2-5-9(8)11(14)16/h1-2,4-5,13H,3,6-7H2. The Labute approximate surface area is 102 Å². The lowest BCUT2D eigenvalue weighted by atomic mass is 10.1. The van der Waals surface area contributed by atoms with Gasteiger partial charge in [-0.1, -0.05) is 28.1 Å². The first-order valence-electron chi connectivity index (χ1n) is 5.03. The summed E-state index contributed by atoms with van der Waals surface area (Å²) in [5.74, 6) is -0.537. The van der Waals surface area contributed by atoms with Crippen LogP contribution < -0.4 is 5.43 Å². The van der Waals surface area contributed by atoms with E-state index in [0.29, 0.717) is 17.7 Å². The van der Waals surface area contributed by atoms with Gasteiger partial charge in [-0.05, 0) is 18.6 Å². The molecule has 16 heavy (non-hydrogen) atoms. The smallest absolute Gasteiger partial charge is 0.267 e. The number of carbonyl (C=O) groups excluding carboxylic acids is 2. The third kappa shape index (κ3) is 1.88. The van der Waals surface area contributed by atoms with Crippen LogP contribution in [0, 0.1) is 0 Å². The van der Waals surface area contributed by atoms with E-state index in [9.17, 15) is 9.59 Å². The fourth-order valence-electron chi connectivity index (χ4n) is 1.59. The Morgan fingerprint density at radius 3 is 2.19 bits per heavy atom. The molecule has 0 saturated heterocycles. The van der Waals surface area contributed by atoms with E-state index in [1.807, 2.05) is 0 Å². The van der Waals surface area contributed by atoms with Gasteiger partial charge in [0.15, 0.2) is 0 Å². The summed E-state index contributed by atoms with van der Waals surface area (Å²) in [7, 11) is 0. The summed E-state index contributed by atoms with van der Waals surface area (Å²) in [6.45, 7) is 0.594. The van der Waals surface area contributed by atoms with Crippen molar-refractivity contribution in [2.45, 2.75) is 6.42 Å². The van der Waals surface area contributed by atoms with Crippen LogP contribution in [0.2, 0.25) is 0 Å². The zero-order chi connectivity index (χ0) is 11.5. The molecule has 0 aromatic heterocycles. The van der Waals surface area contributed by atoms with Crippen molar-refractivity contribution < 1.29 is 9.59 Å². The van der Waals surface area contributed by atoms with E-state index in [1.165, 1.54) is 0 Å². The van der Waals surface area contributed by atoms with Crippen LogP contribution in [0.3, 0.4) is 0 Å². The van der Waals surface area contributed by atoms with Gasteiger partial charge in [-0.25, -0.2) is 10.4 Å². The summed E-state index contributed by atoms with van der Waals surface area (Å²) in [5.41, 5.74) is 3.78. The highest BCUT2D eigenvalue weighted by molar-refractivity contribution is 9.09. The minimum absolute atomic E-state index is 0.268. The number of halogens is 1. The molecule has 1 aliphatic heterocycles. The van der Waals surface area contributed by atoms with Crippen LogP contribution in [-0.4, -0.2) is 28.7 Å². The molecule has 4 nitrogen and oxygen atoms in total. The molecule has 0 atom stereocenters. The van der Waals surface area contributed by atoms with E-state index in [1.54, 1.807) is 24.3 Å². The van der Waals surface area contributed by atoms with Crippen molar-refractivity contribution in [2.75, 3.05) is 11.9 Å². The maximum absolute atomic E-state index is 11.8. The number of benzene rings is 1. The molecule has 2 rings (SSSR count). The Hall–Kier alpha value is -1.20. The minimum atomic E-state index is -0.268. The van der Waals surface area contributed by atoms with Crippen molar-refractivity contribution in [3.05, 3.63) is 35.4 Å². The normalized spacial score (nSPS) is 14.4. The maximum Gasteiger partial charge on any atom is 0.276 e. The van der Waals surface area contributed by atoms with Crippen molar-refractivity contribution in [3.63, 3.8) is 0 Å². The van der Waals surface area contributed by atoms with E-state index >= 15 is 0 Å². The highest BCUT2D eigenvalue weighted by atomic mass is 79.9. The van der Waals surface area contributed by atoms with Gasteiger partial charge in [0.1, 0.15) is 0 Å². The van der Waals surface area contributed by atoms with Crippen molar-refractivity contribution in [1.29, 1.82) is 0 Å². The second-order valence-corrected chi connectivity index (χ2v) is 4.23. The van der Waals surface area contributed by atoms with Crippen LogP contribution >= 0.6 is 15.9 Å². The summed E-state index contributed by atoms with van der Waals surface area (Å²) in [5, 5.41) is 1.93. The molecule has 84 valence electrons. The molecular weight excluding hydrogens is 272 g/mol. The number of fused-ring (bicyclic) bond motifs is 1. The number of nitrogens with zero attached hydrogens (tertiary/aromatic N) is 1. The predicted molar refractivity (Wildman–Crippen MR) is 63.4 cm³/mol. The van der Waals surface area contributed by atoms with E-state index in [0.717, 1.165) is 16.8 Å². The SMILES string of the molecule is O=C1c2ccccc2C(=O)N1NCCCBr. The highest BCUT2D eigenvalue weighted by Gasteiger charge is 2.34. The van der Waals surface area contributed by atoms with E-state index in [4.69, 9.17) is 0 Å². The molecule has 0 bridgehead atoms. The molecule has 5 heteroatoms. The molecule has 0 spiro atoms. The number of hydrazine groups is 1. The molecule has 0 fully saturated rings. The first-order chi connectivity index (χ1) is 7.75. The van der Waals surface area contributed by atoms with E-state index in [-0.39, 0.29) is 11.8 Å². The first kappa shape index (κ1) is 11.3. The summed E-state index contributed by atoms with van der Waals surface area (Å²) in [4.78, 5) is 23.7. The second kappa shape index (κ2) is 4.76. The molecule has 1 aliphatic rings. The van der Waals surface area contributed by atoms with Crippen LogP contribution in [-0.2, 0) is 0 Å². The number of imide groups is 1. The number of nitrogens with one attached hydrogen (secondary N) is 1. The van der Waals surface area contributed by atoms with Crippen molar-refractivity contribution in [2.24, 2.45) is 0 Å². The minimum Gasteiger partial charge on any atom is -0.267 e. The van der Waals surface area contributed by atoms with E-state index in [2.05, 4.69) is 21.4 Å². The molecule has 1 heterocycles. The average Bonchev–Trinajstić information content (AvgIpc) is 2.55. The number of hydrogen-bond donors (Lipinski definition) is 1. The third-order valence-electron chi connectivity index (χ3n) is 2.37. The summed E-state index contributed by atoms with van der Waals surface area (Å²) in [6, 6.07) is 6.85. The molecule has 0 saturated carbocycles. The topological polar surface area (TPSA) is 49.4 Å². The quantitative estimate of drug-likeness (QED) is 0.518. The van der Waals surface area contributed by atoms with Gasteiger partial charge in [-0.15, -0.1) is 0 Å². The molecule has 0 unspecified atom stereocenters.